The van der Waals surface area contributed by atoms with Gasteiger partial charge in [0.25, 0.3) is 0 Å². The zero-order chi connectivity index (χ0) is 12.3. The third-order valence-corrected chi connectivity index (χ3v) is 3.60. The Morgan fingerprint density at radius 1 is 1.35 bits per heavy atom. The van der Waals surface area contributed by atoms with Crippen LogP contribution in [0.2, 0.25) is 0 Å². The Hall–Kier alpha value is -1.02. The van der Waals surface area contributed by atoms with Gasteiger partial charge in [0, 0.05) is 24.8 Å². The molecule has 0 aliphatic carbocycles. The topological polar surface area (TPSA) is 29.3 Å². The Morgan fingerprint density at radius 2 is 2.12 bits per heavy atom. The van der Waals surface area contributed by atoms with Crippen LogP contribution in [-0.2, 0) is 0 Å². The maximum atomic E-state index is 6.24. The normalized spacial score (nSPS) is 20.2. The molecule has 0 radical (unpaired) electrons. The largest absolute Gasteiger partial charge is 0.371 e. The quantitative estimate of drug-likeness (QED) is 0.866. The first kappa shape index (κ1) is 12.4. The standard InChI is InChI=1S/C15H24N2/c1-12(2)9-11-17-10-5-7-14(16)13-6-3-4-8-15(13)17/h3-4,6,8,12,14H,5,7,9-11,16H2,1-2H3. The number of rotatable bonds is 3. The molecular formula is C15H24N2. The highest BCUT2D eigenvalue weighted by atomic mass is 15.1. The summed E-state index contributed by atoms with van der Waals surface area (Å²) in [6.07, 6.45) is 3.56. The molecule has 1 unspecified atom stereocenters. The third-order valence-electron chi connectivity index (χ3n) is 3.60. The molecule has 2 nitrogen and oxygen atoms in total. The van der Waals surface area contributed by atoms with Crippen molar-refractivity contribution in [3.05, 3.63) is 29.8 Å². The lowest BCUT2D eigenvalue weighted by Crippen LogP contribution is -2.26. The second-order valence-electron chi connectivity index (χ2n) is 5.48. The molecule has 0 saturated carbocycles. The van der Waals surface area contributed by atoms with Crippen LogP contribution in [0.3, 0.4) is 0 Å². The summed E-state index contributed by atoms with van der Waals surface area (Å²) in [5.74, 6) is 0.763. The first-order valence-electron chi connectivity index (χ1n) is 6.78. The van der Waals surface area contributed by atoms with Crippen molar-refractivity contribution in [3.63, 3.8) is 0 Å². The average Bonchev–Trinajstić information content (AvgIpc) is 2.47. The number of anilines is 1. The van der Waals surface area contributed by atoms with Gasteiger partial charge in [0.1, 0.15) is 0 Å². The van der Waals surface area contributed by atoms with Crippen molar-refractivity contribution >= 4 is 5.69 Å². The number of hydrogen-bond donors (Lipinski definition) is 1. The van der Waals surface area contributed by atoms with Crippen LogP contribution in [0.5, 0.6) is 0 Å². The first-order chi connectivity index (χ1) is 8.18. The van der Waals surface area contributed by atoms with Crippen LogP contribution in [0.25, 0.3) is 0 Å². The smallest absolute Gasteiger partial charge is 0.0414 e. The van der Waals surface area contributed by atoms with Crippen LogP contribution in [0, 0.1) is 5.92 Å². The van der Waals surface area contributed by atoms with E-state index in [1.165, 1.54) is 24.1 Å². The van der Waals surface area contributed by atoms with E-state index in [-0.39, 0.29) is 6.04 Å². The molecule has 1 heterocycles. The summed E-state index contributed by atoms with van der Waals surface area (Å²) in [6, 6.07) is 8.86. The maximum absolute atomic E-state index is 6.24. The van der Waals surface area contributed by atoms with Crippen molar-refractivity contribution in [1.29, 1.82) is 0 Å². The predicted molar refractivity (Wildman–Crippen MR) is 74.3 cm³/mol. The van der Waals surface area contributed by atoms with E-state index >= 15 is 0 Å². The predicted octanol–water partition coefficient (Wildman–Crippen LogP) is 3.33. The molecule has 2 heteroatoms. The van der Waals surface area contributed by atoms with E-state index in [0.717, 1.165) is 25.4 Å². The number of nitrogens with two attached hydrogens (primary N) is 1. The van der Waals surface area contributed by atoms with E-state index in [2.05, 4.69) is 43.0 Å². The Labute approximate surface area is 105 Å². The maximum Gasteiger partial charge on any atom is 0.0414 e. The summed E-state index contributed by atoms with van der Waals surface area (Å²) in [4.78, 5) is 2.52. The van der Waals surface area contributed by atoms with E-state index in [4.69, 9.17) is 5.73 Å². The highest BCUT2D eigenvalue weighted by Gasteiger charge is 2.19. The molecule has 0 amide bonds. The minimum absolute atomic E-state index is 0.218. The van der Waals surface area contributed by atoms with Crippen LogP contribution in [-0.4, -0.2) is 13.1 Å². The molecule has 17 heavy (non-hydrogen) atoms. The number of benzene rings is 1. The van der Waals surface area contributed by atoms with Gasteiger partial charge in [-0.25, -0.2) is 0 Å². The molecule has 0 fully saturated rings. The fourth-order valence-electron chi connectivity index (χ4n) is 2.51. The van der Waals surface area contributed by atoms with Crippen LogP contribution >= 0.6 is 0 Å². The molecule has 2 rings (SSSR count). The van der Waals surface area contributed by atoms with Gasteiger partial charge in [-0.15, -0.1) is 0 Å². The first-order valence-corrected chi connectivity index (χ1v) is 6.78. The van der Waals surface area contributed by atoms with Gasteiger partial charge in [-0.3, -0.25) is 0 Å². The Morgan fingerprint density at radius 3 is 2.88 bits per heavy atom. The van der Waals surface area contributed by atoms with Crippen molar-refractivity contribution < 1.29 is 0 Å². The molecule has 1 aliphatic rings. The Bertz CT molecular complexity index is 360. The highest BCUT2D eigenvalue weighted by Crippen LogP contribution is 2.31. The van der Waals surface area contributed by atoms with E-state index in [9.17, 15) is 0 Å². The summed E-state index contributed by atoms with van der Waals surface area (Å²) < 4.78 is 0. The van der Waals surface area contributed by atoms with E-state index in [1.54, 1.807) is 0 Å². The van der Waals surface area contributed by atoms with Crippen LogP contribution in [0.4, 0.5) is 5.69 Å². The summed E-state index contributed by atoms with van der Waals surface area (Å²) in [5, 5.41) is 0. The molecule has 0 saturated heterocycles. The third kappa shape index (κ3) is 3.01. The zero-order valence-corrected chi connectivity index (χ0v) is 11.0. The fourth-order valence-corrected chi connectivity index (χ4v) is 2.51. The van der Waals surface area contributed by atoms with Gasteiger partial charge in [-0.2, -0.15) is 0 Å². The van der Waals surface area contributed by atoms with Gasteiger partial charge in [0.2, 0.25) is 0 Å². The molecule has 0 aromatic heterocycles. The molecule has 0 bridgehead atoms. The summed E-state index contributed by atoms with van der Waals surface area (Å²) in [7, 11) is 0. The van der Waals surface area contributed by atoms with Gasteiger partial charge < -0.3 is 10.6 Å². The van der Waals surface area contributed by atoms with Crippen molar-refractivity contribution in [2.24, 2.45) is 11.7 Å². The lowest BCUT2D eigenvalue weighted by atomic mass is 10.0. The van der Waals surface area contributed by atoms with E-state index < -0.39 is 0 Å². The molecule has 94 valence electrons. The number of nitrogens with zero attached hydrogens (tertiary/aromatic N) is 1. The summed E-state index contributed by atoms with van der Waals surface area (Å²) >= 11 is 0. The summed E-state index contributed by atoms with van der Waals surface area (Å²) in [5.41, 5.74) is 8.92. The van der Waals surface area contributed by atoms with E-state index in [1.807, 2.05) is 0 Å². The van der Waals surface area contributed by atoms with E-state index in [0.29, 0.717) is 0 Å². The Kier molecular flexibility index (Phi) is 4.06. The lowest BCUT2D eigenvalue weighted by Gasteiger charge is -2.26. The molecule has 1 aromatic rings. The second-order valence-corrected chi connectivity index (χ2v) is 5.48. The second kappa shape index (κ2) is 5.54. The van der Waals surface area contributed by atoms with Gasteiger partial charge >= 0.3 is 0 Å². The number of hydrogen-bond acceptors (Lipinski definition) is 2. The molecule has 0 spiro atoms. The van der Waals surface area contributed by atoms with Crippen molar-refractivity contribution in [1.82, 2.24) is 0 Å². The highest BCUT2D eigenvalue weighted by molar-refractivity contribution is 5.55. The van der Waals surface area contributed by atoms with Crippen molar-refractivity contribution in [3.8, 4) is 0 Å². The molecule has 1 aliphatic heterocycles. The number of para-hydroxylation sites is 1. The minimum Gasteiger partial charge on any atom is -0.371 e. The SMILES string of the molecule is CC(C)CCN1CCCC(N)c2ccccc21. The average molecular weight is 232 g/mol. The van der Waals surface area contributed by atoms with Crippen LogP contribution < -0.4 is 10.6 Å². The molecule has 2 N–H and O–H groups in total. The van der Waals surface area contributed by atoms with Crippen LogP contribution in [0.1, 0.15) is 44.7 Å². The zero-order valence-electron chi connectivity index (χ0n) is 11.0. The number of fused-ring (bicyclic) bond motifs is 1. The van der Waals surface area contributed by atoms with Gasteiger partial charge in [-0.05, 0) is 36.8 Å². The van der Waals surface area contributed by atoms with Gasteiger partial charge in [-0.1, -0.05) is 32.0 Å². The van der Waals surface area contributed by atoms with Crippen molar-refractivity contribution in [2.75, 3.05) is 18.0 Å². The Balaban J connectivity index is 2.19. The lowest BCUT2D eigenvalue weighted by molar-refractivity contribution is 0.564. The monoisotopic (exact) mass is 232 g/mol. The fraction of sp³-hybridized carbons (Fsp3) is 0.600. The molecule has 1 atom stereocenters. The van der Waals surface area contributed by atoms with Gasteiger partial charge in [0.05, 0.1) is 0 Å². The van der Waals surface area contributed by atoms with Crippen LogP contribution in [0.15, 0.2) is 24.3 Å². The minimum atomic E-state index is 0.218. The van der Waals surface area contributed by atoms with Gasteiger partial charge in [0.15, 0.2) is 0 Å². The molecule has 1 aromatic carbocycles. The summed E-state index contributed by atoms with van der Waals surface area (Å²) in [6.45, 7) is 6.88. The van der Waals surface area contributed by atoms with Crippen molar-refractivity contribution in [2.45, 2.75) is 39.2 Å². The molecular weight excluding hydrogens is 208 g/mol.